The van der Waals surface area contributed by atoms with E-state index in [0.717, 1.165) is 12.8 Å². The number of carbonyl (C=O) groups is 1. The van der Waals surface area contributed by atoms with Crippen LogP contribution in [-0.4, -0.2) is 42.5 Å². The summed E-state index contributed by atoms with van der Waals surface area (Å²) < 4.78 is 23.4. The van der Waals surface area contributed by atoms with E-state index >= 15 is 0 Å². The summed E-state index contributed by atoms with van der Waals surface area (Å²) in [7, 11) is 3.05. The molecule has 0 saturated heterocycles. The van der Waals surface area contributed by atoms with Gasteiger partial charge >= 0.3 is 0 Å². The molecule has 0 aliphatic rings. The van der Waals surface area contributed by atoms with E-state index in [2.05, 4.69) is 10.2 Å². The summed E-state index contributed by atoms with van der Waals surface area (Å²) in [5, 5.41) is 6.47. The molecule has 1 amide bonds. The van der Waals surface area contributed by atoms with E-state index in [1.54, 1.807) is 7.05 Å². The van der Waals surface area contributed by atoms with Crippen LogP contribution >= 0.6 is 10.7 Å². The lowest BCUT2D eigenvalue weighted by molar-refractivity contribution is 0.0730. The van der Waals surface area contributed by atoms with Crippen LogP contribution in [0.4, 0.5) is 0 Å². The van der Waals surface area contributed by atoms with Gasteiger partial charge in [0.15, 0.2) is 5.69 Å². The summed E-state index contributed by atoms with van der Waals surface area (Å²) in [6.45, 7) is 5.73. The molecule has 0 radical (unpaired) electrons. The Labute approximate surface area is 123 Å². The van der Waals surface area contributed by atoms with Crippen molar-refractivity contribution in [1.29, 1.82) is 0 Å². The Morgan fingerprint density at radius 2 is 2.05 bits per heavy atom. The molecule has 1 heterocycles. The van der Waals surface area contributed by atoms with Crippen molar-refractivity contribution in [2.45, 2.75) is 51.0 Å². The number of rotatable bonds is 6. The average molecular weight is 322 g/mol. The maximum absolute atomic E-state index is 12.4. The van der Waals surface area contributed by atoms with Gasteiger partial charge in [-0.2, -0.15) is 5.10 Å². The number of carbonyl (C=O) groups excluding carboxylic acids is 1. The highest BCUT2D eigenvalue weighted by Gasteiger charge is 2.30. The van der Waals surface area contributed by atoms with Crippen molar-refractivity contribution in [2.75, 3.05) is 7.05 Å². The summed E-state index contributed by atoms with van der Waals surface area (Å²) in [4.78, 5) is 13.6. The summed E-state index contributed by atoms with van der Waals surface area (Å²) in [6.07, 6.45) is 1.95. The minimum atomic E-state index is -4.02. The molecule has 6 nitrogen and oxygen atoms in total. The zero-order valence-electron chi connectivity index (χ0n) is 12.1. The second-order valence-corrected chi connectivity index (χ2v) is 7.24. The molecule has 1 aromatic heterocycles. The van der Waals surface area contributed by atoms with Crippen LogP contribution in [-0.2, 0) is 15.5 Å². The van der Waals surface area contributed by atoms with Gasteiger partial charge < -0.3 is 4.90 Å². The Morgan fingerprint density at radius 3 is 2.50 bits per heavy atom. The normalized spacial score (nSPS) is 13.2. The molecule has 0 spiro atoms. The van der Waals surface area contributed by atoms with Crippen molar-refractivity contribution in [3.8, 4) is 0 Å². The molecule has 0 bridgehead atoms. The number of halogens is 1. The number of aromatic nitrogens is 2. The molecule has 1 rings (SSSR count). The molecular formula is C12H20ClN3O3S. The van der Waals surface area contributed by atoms with E-state index < -0.39 is 15.0 Å². The van der Waals surface area contributed by atoms with Gasteiger partial charge in [0.1, 0.15) is 4.90 Å². The lowest BCUT2D eigenvalue weighted by Crippen LogP contribution is -2.35. The zero-order chi connectivity index (χ0) is 15.5. The highest BCUT2D eigenvalue weighted by atomic mass is 35.7. The quantitative estimate of drug-likeness (QED) is 0.814. The van der Waals surface area contributed by atoms with Gasteiger partial charge in [-0.25, -0.2) is 8.42 Å². The molecule has 1 unspecified atom stereocenters. The van der Waals surface area contributed by atoms with E-state index in [0.29, 0.717) is 12.1 Å². The predicted molar refractivity (Wildman–Crippen MR) is 77.5 cm³/mol. The molecule has 1 aromatic rings. The van der Waals surface area contributed by atoms with Crippen molar-refractivity contribution < 1.29 is 13.2 Å². The van der Waals surface area contributed by atoms with Gasteiger partial charge in [0, 0.05) is 23.8 Å². The Kier molecular flexibility index (Phi) is 5.59. The standard InChI is InChI=1S/C12H20ClN3O3S/c1-5-7-9-11(20(13,18)19)10(15-14-9)12(17)16(4)8(3)6-2/h8H,5-7H2,1-4H3,(H,14,15). The summed E-state index contributed by atoms with van der Waals surface area (Å²) in [5.41, 5.74) is 0.245. The number of aromatic amines is 1. The number of amides is 1. The van der Waals surface area contributed by atoms with Crippen LogP contribution in [0.3, 0.4) is 0 Å². The minimum absolute atomic E-state index is 0.0142. The zero-order valence-corrected chi connectivity index (χ0v) is 13.7. The highest BCUT2D eigenvalue weighted by molar-refractivity contribution is 8.13. The third-order valence-corrected chi connectivity index (χ3v) is 4.70. The van der Waals surface area contributed by atoms with Crippen LogP contribution in [0.1, 0.15) is 49.8 Å². The summed E-state index contributed by atoms with van der Waals surface area (Å²) >= 11 is 0. The molecule has 0 saturated carbocycles. The Balaban J connectivity index is 3.29. The van der Waals surface area contributed by atoms with Crippen molar-refractivity contribution in [2.24, 2.45) is 0 Å². The first kappa shape index (κ1) is 17.0. The number of H-pyrrole nitrogens is 1. The molecule has 8 heteroatoms. The van der Waals surface area contributed by atoms with Gasteiger partial charge in [-0.1, -0.05) is 20.3 Å². The van der Waals surface area contributed by atoms with Gasteiger partial charge in [0.2, 0.25) is 0 Å². The lowest BCUT2D eigenvalue weighted by Gasteiger charge is -2.23. The first-order chi connectivity index (χ1) is 9.23. The fraction of sp³-hybridized carbons (Fsp3) is 0.667. The van der Waals surface area contributed by atoms with Crippen molar-refractivity contribution in [3.05, 3.63) is 11.4 Å². The van der Waals surface area contributed by atoms with E-state index in [9.17, 15) is 13.2 Å². The van der Waals surface area contributed by atoms with Crippen LogP contribution in [0.15, 0.2) is 4.90 Å². The van der Waals surface area contributed by atoms with Crippen LogP contribution in [0.2, 0.25) is 0 Å². The minimum Gasteiger partial charge on any atom is -0.338 e. The molecule has 0 aliphatic heterocycles. The molecule has 20 heavy (non-hydrogen) atoms. The van der Waals surface area contributed by atoms with E-state index in [1.165, 1.54) is 4.90 Å². The van der Waals surface area contributed by atoms with Crippen molar-refractivity contribution >= 4 is 25.6 Å². The molecule has 0 aliphatic carbocycles. The van der Waals surface area contributed by atoms with E-state index in [1.807, 2.05) is 20.8 Å². The molecule has 1 atom stereocenters. The van der Waals surface area contributed by atoms with Gasteiger partial charge in [-0.05, 0) is 19.8 Å². The second-order valence-electron chi connectivity index (χ2n) is 4.74. The first-order valence-electron chi connectivity index (χ1n) is 6.53. The van der Waals surface area contributed by atoms with Crippen LogP contribution in [0.25, 0.3) is 0 Å². The number of hydrogen-bond acceptors (Lipinski definition) is 4. The molecule has 1 N–H and O–H groups in total. The van der Waals surface area contributed by atoms with Crippen LogP contribution in [0, 0.1) is 0 Å². The van der Waals surface area contributed by atoms with E-state index in [-0.39, 0.29) is 16.6 Å². The van der Waals surface area contributed by atoms with Crippen molar-refractivity contribution in [1.82, 2.24) is 15.1 Å². The summed E-state index contributed by atoms with van der Waals surface area (Å²) in [6, 6.07) is -0.0142. The Bertz CT molecular complexity index is 583. The SMILES string of the molecule is CCCc1[nH]nc(C(=O)N(C)C(C)CC)c1S(=O)(=O)Cl. The molecule has 0 aromatic carbocycles. The third-order valence-electron chi connectivity index (χ3n) is 3.31. The third kappa shape index (κ3) is 3.52. The number of nitrogens with zero attached hydrogens (tertiary/aromatic N) is 2. The fourth-order valence-electron chi connectivity index (χ4n) is 1.84. The maximum atomic E-state index is 12.4. The lowest BCUT2D eigenvalue weighted by atomic mass is 10.2. The first-order valence-corrected chi connectivity index (χ1v) is 8.83. The number of nitrogens with one attached hydrogen (secondary N) is 1. The summed E-state index contributed by atoms with van der Waals surface area (Å²) in [5.74, 6) is -0.447. The smallest absolute Gasteiger partial charge is 0.275 e. The van der Waals surface area contributed by atoms with Crippen LogP contribution < -0.4 is 0 Å². The van der Waals surface area contributed by atoms with Gasteiger partial charge in [-0.3, -0.25) is 9.89 Å². The van der Waals surface area contributed by atoms with Gasteiger partial charge in [0.05, 0.1) is 5.69 Å². The van der Waals surface area contributed by atoms with Gasteiger partial charge in [0.25, 0.3) is 15.0 Å². The second kappa shape index (κ2) is 6.58. The molecule has 0 fully saturated rings. The monoisotopic (exact) mass is 321 g/mol. The number of aryl methyl sites for hydroxylation is 1. The average Bonchev–Trinajstić information content (AvgIpc) is 2.80. The Hall–Kier alpha value is -1.08. The Morgan fingerprint density at radius 1 is 1.45 bits per heavy atom. The topological polar surface area (TPSA) is 83.1 Å². The largest absolute Gasteiger partial charge is 0.338 e. The van der Waals surface area contributed by atoms with Crippen LogP contribution in [0.5, 0.6) is 0 Å². The highest BCUT2D eigenvalue weighted by Crippen LogP contribution is 2.25. The predicted octanol–water partition coefficient (Wildman–Crippen LogP) is 2.16. The molecular weight excluding hydrogens is 302 g/mol. The molecule has 114 valence electrons. The number of hydrogen-bond donors (Lipinski definition) is 1. The van der Waals surface area contributed by atoms with Crippen molar-refractivity contribution in [3.63, 3.8) is 0 Å². The maximum Gasteiger partial charge on any atom is 0.275 e. The van der Waals surface area contributed by atoms with Gasteiger partial charge in [-0.15, -0.1) is 0 Å². The van der Waals surface area contributed by atoms with E-state index in [4.69, 9.17) is 10.7 Å². The fourth-order valence-corrected chi connectivity index (χ4v) is 3.14.